The maximum atomic E-state index is 11.4. The molecule has 0 saturated carbocycles. The van der Waals surface area contributed by atoms with Crippen LogP contribution in [0.1, 0.15) is 17.4 Å². The molecule has 74 valence electrons. The van der Waals surface area contributed by atoms with Crippen LogP contribution in [-0.4, -0.2) is 17.4 Å². The molecule has 0 unspecified atom stereocenters. The van der Waals surface area contributed by atoms with E-state index in [0.717, 1.165) is 5.57 Å². The third-order valence-corrected chi connectivity index (χ3v) is 1.71. The van der Waals surface area contributed by atoms with Crippen LogP contribution in [0.2, 0.25) is 5.15 Å². The molecule has 0 aliphatic heterocycles. The van der Waals surface area contributed by atoms with Gasteiger partial charge in [-0.05, 0) is 19.1 Å². The lowest BCUT2D eigenvalue weighted by molar-refractivity contribution is 0.0952. The van der Waals surface area contributed by atoms with Gasteiger partial charge in [0.1, 0.15) is 10.8 Å². The summed E-state index contributed by atoms with van der Waals surface area (Å²) >= 11 is 5.64. The summed E-state index contributed by atoms with van der Waals surface area (Å²) in [6, 6.07) is 4.92. The van der Waals surface area contributed by atoms with Gasteiger partial charge in [-0.25, -0.2) is 4.98 Å². The van der Waals surface area contributed by atoms with Crippen LogP contribution in [0.4, 0.5) is 0 Å². The van der Waals surface area contributed by atoms with Crippen molar-refractivity contribution in [3.63, 3.8) is 0 Å². The normalized spacial score (nSPS) is 9.57. The van der Waals surface area contributed by atoms with Crippen molar-refractivity contribution in [3.05, 3.63) is 41.2 Å². The summed E-state index contributed by atoms with van der Waals surface area (Å²) in [7, 11) is 0. The zero-order valence-electron chi connectivity index (χ0n) is 7.88. The fraction of sp³-hybridized carbons (Fsp3) is 0.200. The number of nitrogens with one attached hydrogen (secondary N) is 1. The van der Waals surface area contributed by atoms with E-state index in [1.54, 1.807) is 18.2 Å². The molecule has 1 aromatic heterocycles. The fourth-order valence-corrected chi connectivity index (χ4v) is 1.02. The number of hydrogen-bond donors (Lipinski definition) is 1. The Morgan fingerprint density at radius 2 is 2.36 bits per heavy atom. The maximum absolute atomic E-state index is 11.4. The van der Waals surface area contributed by atoms with Gasteiger partial charge in [0.15, 0.2) is 0 Å². The van der Waals surface area contributed by atoms with Crippen LogP contribution in [-0.2, 0) is 0 Å². The van der Waals surface area contributed by atoms with Crippen molar-refractivity contribution >= 4 is 17.5 Å². The fourth-order valence-electron chi connectivity index (χ4n) is 0.856. The second-order valence-electron chi connectivity index (χ2n) is 2.99. The highest BCUT2D eigenvalue weighted by atomic mass is 35.5. The molecule has 1 amide bonds. The number of hydrogen-bond acceptors (Lipinski definition) is 2. The molecule has 0 aromatic carbocycles. The molecule has 0 aliphatic rings. The Morgan fingerprint density at radius 1 is 1.64 bits per heavy atom. The van der Waals surface area contributed by atoms with Crippen molar-refractivity contribution in [2.75, 3.05) is 6.54 Å². The number of amides is 1. The molecule has 14 heavy (non-hydrogen) atoms. The van der Waals surface area contributed by atoms with E-state index in [2.05, 4.69) is 16.9 Å². The summed E-state index contributed by atoms with van der Waals surface area (Å²) in [5, 5.41) is 2.98. The molecule has 0 aliphatic carbocycles. The zero-order valence-corrected chi connectivity index (χ0v) is 8.64. The van der Waals surface area contributed by atoms with Crippen LogP contribution in [0.25, 0.3) is 0 Å². The third-order valence-electron chi connectivity index (χ3n) is 1.50. The van der Waals surface area contributed by atoms with Gasteiger partial charge in [-0.1, -0.05) is 29.8 Å². The zero-order chi connectivity index (χ0) is 10.6. The van der Waals surface area contributed by atoms with Crippen LogP contribution < -0.4 is 5.32 Å². The van der Waals surface area contributed by atoms with Gasteiger partial charge in [0.05, 0.1) is 0 Å². The van der Waals surface area contributed by atoms with Crippen molar-refractivity contribution < 1.29 is 4.79 Å². The highest BCUT2D eigenvalue weighted by Gasteiger charge is 2.05. The molecule has 3 nitrogen and oxygen atoms in total. The van der Waals surface area contributed by atoms with Gasteiger partial charge in [-0.15, -0.1) is 0 Å². The molecule has 0 saturated heterocycles. The van der Waals surface area contributed by atoms with Crippen LogP contribution in [0, 0.1) is 0 Å². The van der Waals surface area contributed by atoms with Crippen LogP contribution in [0.3, 0.4) is 0 Å². The lowest BCUT2D eigenvalue weighted by Crippen LogP contribution is -2.25. The summed E-state index contributed by atoms with van der Waals surface area (Å²) in [6.07, 6.45) is 0. The first-order valence-electron chi connectivity index (χ1n) is 4.14. The van der Waals surface area contributed by atoms with Crippen LogP contribution >= 0.6 is 11.6 Å². The molecule has 4 heteroatoms. The Labute approximate surface area is 87.8 Å². The first-order valence-corrected chi connectivity index (χ1v) is 4.52. The van der Waals surface area contributed by atoms with E-state index in [4.69, 9.17) is 11.6 Å². The number of halogens is 1. The Bertz CT molecular complexity index is 363. The topological polar surface area (TPSA) is 42.0 Å². The van der Waals surface area contributed by atoms with Gasteiger partial charge >= 0.3 is 0 Å². The van der Waals surface area contributed by atoms with E-state index >= 15 is 0 Å². The summed E-state index contributed by atoms with van der Waals surface area (Å²) < 4.78 is 0. The van der Waals surface area contributed by atoms with E-state index in [1.165, 1.54) is 0 Å². The van der Waals surface area contributed by atoms with Crippen LogP contribution in [0.15, 0.2) is 30.4 Å². The predicted molar refractivity (Wildman–Crippen MR) is 56.4 cm³/mol. The van der Waals surface area contributed by atoms with Crippen molar-refractivity contribution in [1.29, 1.82) is 0 Å². The SMILES string of the molecule is C=C(C)CNC(=O)c1cccc(Cl)n1. The Balaban J connectivity index is 2.65. The minimum Gasteiger partial charge on any atom is -0.347 e. The van der Waals surface area contributed by atoms with Crippen molar-refractivity contribution in [2.45, 2.75) is 6.92 Å². The molecule has 0 spiro atoms. The van der Waals surface area contributed by atoms with E-state index in [1.807, 2.05) is 6.92 Å². The molecule has 0 radical (unpaired) electrons. The van der Waals surface area contributed by atoms with Crippen LogP contribution in [0.5, 0.6) is 0 Å². The molecule has 0 atom stereocenters. The molecule has 1 heterocycles. The summed E-state index contributed by atoms with van der Waals surface area (Å²) in [5.41, 5.74) is 1.21. The highest BCUT2D eigenvalue weighted by Crippen LogP contribution is 2.04. The molecular formula is C10H11ClN2O. The Kier molecular flexibility index (Phi) is 3.65. The Hall–Kier alpha value is -1.35. The average molecular weight is 211 g/mol. The van der Waals surface area contributed by atoms with Gasteiger partial charge in [0.2, 0.25) is 0 Å². The minimum absolute atomic E-state index is 0.240. The molecular weight excluding hydrogens is 200 g/mol. The number of nitrogens with zero attached hydrogens (tertiary/aromatic N) is 1. The lowest BCUT2D eigenvalue weighted by atomic mass is 10.3. The van der Waals surface area contributed by atoms with Gasteiger partial charge < -0.3 is 5.32 Å². The van der Waals surface area contributed by atoms with E-state index < -0.39 is 0 Å². The molecule has 1 rings (SSSR count). The van der Waals surface area contributed by atoms with Gasteiger partial charge in [-0.3, -0.25) is 4.79 Å². The predicted octanol–water partition coefficient (Wildman–Crippen LogP) is 2.04. The summed E-state index contributed by atoms with van der Waals surface area (Å²) in [4.78, 5) is 15.3. The summed E-state index contributed by atoms with van der Waals surface area (Å²) in [6.45, 7) is 5.97. The number of carbonyl (C=O) groups excluding carboxylic acids is 1. The maximum Gasteiger partial charge on any atom is 0.270 e. The highest BCUT2D eigenvalue weighted by molar-refractivity contribution is 6.29. The van der Waals surface area contributed by atoms with Crippen molar-refractivity contribution in [1.82, 2.24) is 10.3 Å². The monoisotopic (exact) mass is 210 g/mol. The number of pyridine rings is 1. The molecule has 0 fully saturated rings. The second-order valence-corrected chi connectivity index (χ2v) is 3.37. The quantitative estimate of drug-likeness (QED) is 0.613. The molecule has 1 N–H and O–H groups in total. The van der Waals surface area contributed by atoms with E-state index in [-0.39, 0.29) is 5.91 Å². The van der Waals surface area contributed by atoms with Gasteiger partial charge in [-0.2, -0.15) is 0 Å². The molecule has 0 bridgehead atoms. The number of carbonyl (C=O) groups is 1. The summed E-state index contributed by atoms with van der Waals surface area (Å²) in [5.74, 6) is -0.240. The first-order chi connectivity index (χ1) is 6.59. The molecule has 1 aromatic rings. The van der Waals surface area contributed by atoms with E-state index in [9.17, 15) is 4.79 Å². The Morgan fingerprint density at radius 3 is 2.93 bits per heavy atom. The standard InChI is InChI=1S/C10H11ClN2O/c1-7(2)6-12-10(14)8-4-3-5-9(11)13-8/h3-5H,1,6H2,2H3,(H,12,14). The second kappa shape index (κ2) is 4.77. The van der Waals surface area contributed by atoms with Crippen molar-refractivity contribution in [2.24, 2.45) is 0 Å². The third kappa shape index (κ3) is 3.18. The largest absolute Gasteiger partial charge is 0.347 e. The number of rotatable bonds is 3. The van der Waals surface area contributed by atoms with Gasteiger partial charge in [0, 0.05) is 6.54 Å². The average Bonchev–Trinajstić information content (AvgIpc) is 2.14. The van der Waals surface area contributed by atoms with Crippen molar-refractivity contribution in [3.8, 4) is 0 Å². The smallest absolute Gasteiger partial charge is 0.270 e. The lowest BCUT2D eigenvalue weighted by Gasteiger charge is -2.03. The minimum atomic E-state index is -0.240. The number of aromatic nitrogens is 1. The first kappa shape index (κ1) is 10.7. The van der Waals surface area contributed by atoms with Gasteiger partial charge in [0.25, 0.3) is 5.91 Å². The van der Waals surface area contributed by atoms with E-state index in [0.29, 0.717) is 17.4 Å².